The second-order valence-electron chi connectivity index (χ2n) is 7.81. The molecule has 0 saturated heterocycles. The highest BCUT2D eigenvalue weighted by atomic mass is 32.2. The Labute approximate surface area is 166 Å². The molecule has 6 nitrogen and oxygen atoms in total. The van der Waals surface area contributed by atoms with E-state index in [-0.39, 0.29) is 10.5 Å². The van der Waals surface area contributed by atoms with Crippen molar-refractivity contribution in [2.75, 3.05) is 9.44 Å². The zero-order valence-corrected chi connectivity index (χ0v) is 17.4. The van der Waals surface area contributed by atoms with Gasteiger partial charge in [0.2, 0.25) is 20.0 Å². The van der Waals surface area contributed by atoms with Crippen LogP contribution in [0.3, 0.4) is 0 Å². The van der Waals surface area contributed by atoms with Crippen molar-refractivity contribution in [2.45, 2.75) is 61.9 Å². The Morgan fingerprint density at radius 3 is 1.32 bits per heavy atom. The molecule has 2 fully saturated rings. The van der Waals surface area contributed by atoms with Crippen molar-refractivity contribution in [1.29, 1.82) is 0 Å². The van der Waals surface area contributed by atoms with Gasteiger partial charge in [0, 0.05) is 10.8 Å². The molecule has 0 amide bonds. The van der Waals surface area contributed by atoms with Crippen LogP contribution < -0.4 is 9.44 Å². The maximum Gasteiger partial charge on any atom is 0.235 e. The molecule has 0 bridgehead atoms. The molecule has 0 heterocycles. The number of sulfonamides is 2. The highest BCUT2D eigenvalue weighted by molar-refractivity contribution is 7.93. The molecule has 0 spiro atoms. The van der Waals surface area contributed by atoms with Gasteiger partial charge >= 0.3 is 0 Å². The smallest absolute Gasteiger partial charge is 0.235 e. The third kappa shape index (κ3) is 3.85. The van der Waals surface area contributed by atoms with Crippen molar-refractivity contribution in [3.63, 3.8) is 0 Å². The molecule has 2 saturated carbocycles. The summed E-state index contributed by atoms with van der Waals surface area (Å²) in [6.45, 7) is 0. The zero-order valence-electron chi connectivity index (χ0n) is 15.7. The Morgan fingerprint density at radius 2 is 0.964 bits per heavy atom. The standard InChI is InChI=1S/C20H26N2O4S2/c23-27(24,15-7-1-2-8-15)21-19-13-5-12-18-17(19)11-6-14-20(18)22-28(25,26)16-9-3-4-10-16/h5-6,11-16,21-22H,1-4,7-10H2. The highest BCUT2D eigenvalue weighted by Crippen LogP contribution is 2.34. The van der Waals surface area contributed by atoms with Gasteiger partial charge in [-0.25, -0.2) is 16.8 Å². The van der Waals surface area contributed by atoms with E-state index in [0.29, 0.717) is 47.8 Å². The van der Waals surface area contributed by atoms with Gasteiger partial charge in [0.1, 0.15) is 0 Å². The van der Waals surface area contributed by atoms with Gasteiger partial charge in [-0.2, -0.15) is 0 Å². The lowest BCUT2D eigenvalue weighted by atomic mass is 10.1. The number of fused-ring (bicyclic) bond motifs is 1. The fourth-order valence-corrected chi connectivity index (χ4v) is 7.57. The largest absolute Gasteiger partial charge is 0.283 e. The quantitative estimate of drug-likeness (QED) is 0.729. The van der Waals surface area contributed by atoms with E-state index in [4.69, 9.17) is 0 Å². The van der Waals surface area contributed by atoms with E-state index in [1.807, 2.05) is 12.1 Å². The van der Waals surface area contributed by atoms with Gasteiger partial charge in [0.15, 0.2) is 0 Å². The first-order valence-corrected chi connectivity index (χ1v) is 13.0. The van der Waals surface area contributed by atoms with Gasteiger partial charge in [0.25, 0.3) is 0 Å². The first-order chi connectivity index (χ1) is 13.4. The molecule has 0 atom stereocenters. The van der Waals surface area contributed by atoms with Crippen molar-refractivity contribution in [1.82, 2.24) is 0 Å². The summed E-state index contributed by atoms with van der Waals surface area (Å²) in [4.78, 5) is 0. The van der Waals surface area contributed by atoms with Crippen LogP contribution in [0.15, 0.2) is 36.4 Å². The number of hydrogen-bond donors (Lipinski definition) is 2. The van der Waals surface area contributed by atoms with Gasteiger partial charge in [0.05, 0.1) is 21.9 Å². The molecule has 2 aliphatic rings. The normalized spacial score (nSPS) is 19.3. The van der Waals surface area contributed by atoms with Crippen LogP contribution >= 0.6 is 0 Å². The Bertz CT molecular complexity index is 981. The fourth-order valence-electron chi connectivity index (χ4n) is 4.36. The second-order valence-corrected chi connectivity index (χ2v) is 11.7. The van der Waals surface area contributed by atoms with E-state index in [2.05, 4.69) is 9.44 Å². The van der Waals surface area contributed by atoms with Crippen LogP contribution in [0.5, 0.6) is 0 Å². The van der Waals surface area contributed by atoms with E-state index >= 15 is 0 Å². The molecular formula is C20H26N2O4S2. The molecule has 0 unspecified atom stereocenters. The summed E-state index contributed by atoms with van der Waals surface area (Å²) in [5, 5.41) is 0.671. The third-order valence-corrected chi connectivity index (χ3v) is 9.62. The Hall–Kier alpha value is -1.80. The lowest BCUT2D eigenvalue weighted by Crippen LogP contribution is -2.26. The minimum absolute atomic E-state index is 0.355. The first-order valence-electron chi connectivity index (χ1n) is 9.92. The number of nitrogens with one attached hydrogen (secondary N) is 2. The Morgan fingerprint density at radius 1 is 0.607 bits per heavy atom. The summed E-state index contributed by atoms with van der Waals surface area (Å²) in [5.41, 5.74) is 0.984. The van der Waals surface area contributed by atoms with Gasteiger partial charge in [-0.15, -0.1) is 0 Å². The lowest BCUT2D eigenvalue weighted by molar-refractivity contribution is 0.583. The molecule has 152 valence electrons. The first kappa shape index (κ1) is 19.5. The van der Waals surface area contributed by atoms with Crippen LogP contribution in [0, 0.1) is 0 Å². The molecule has 0 radical (unpaired) electrons. The lowest BCUT2D eigenvalue weighted by Gasteiger charge is -2.18. The SMILES string of the molecule is O=S(=O)(Nc1cccc2c(NS(=O)(=O)C3CCCC3)cccc12)C1CCCC1. The molecule has 2 aliphatic carbocycles. The van der Waals surface area contributed by atoms with Crippen LogP contribution in [0.25, 0.3) is 10.8 Å². The van der Waals surface area contributed by atoms with Crippen LogP contribution in [0.1, 0.15) is 51.4 Å². The summed E-state index contributed by atoms with van der Waals surface area (Å²) < 4.78 is 56.3. The van der Waals surface area contributed by atoms with E-state index < -0.39 is 20.0 Å². The molecule has 28 heavy (non-hydrogen) atoms. The zero-order chi connectivity index (χ0) is 19.8. The molecule has 8 heteroatoms. The van der Waals surface area contributed by atoms with E-state index in [0.717, 1.165) is 25.7 Å². The topological polar surface area (TPSA) is 92.3 Å². The summed E-state index contributed by atoms with van der Waals surface area (Å²) >= 11 is 0. The highest BCUT2D eigenvalue weighted by Gasteiger charge is 2.30. The van der Waals surface area contributed by atoms with Gasteiger partial charge in [-0.3, -0.25) is 9.44 Å². The minimum atomic E-state index is -3.45. The number of benzene rings is 2. The number of rotatable bonds is 6. The molecule has 2 aromatic carbocycles. The molecule has 2 N–H and O–H groups in total. The maximum atomic E-state index is 12.7. The van der Waals surface area contributed by atoms with E-state index in [1.54, 1.807) is 24.3 Å². The maximum absolute atomic E-state index is 12.7. The predicted molar refractivity (Wildman–Crippen MR) is 114 cm³/mol. The Kier molecular flexibility index (Phi) is 5.26. The molecule has 0 aliphatic heterocycles. The van der Waals surface area contributed by atoms with Gasteiger partial charge in [-0.05, 0) is 37.8 Å². The van der Waals surface area contributed by atoms with Crippen LogP contribution in [-0.4, -0.2) is 27.3 Å². The minimum Gasteiger partial charge on any atom is -0.283 e. The van der Waals surface area contributed by atoms with Crippen molar-refractivity contribution >= 4 is 42.2 Å². The van der Waals surface area contributed by atoms with Gasteiger partial charge < -0.3 is 0 Å². The van der Waals surface area contributed by atoms with Crippen molar-refractivity contribution in [3.05, 3.63) is 36.4 Å². The Balaban J connectivity index is 1.67. The van der Waals surface area contributed by atoms with Crippen LogP contribution in [-0.2, 0) is 20.0 Å². The van der Waals surface area contributed by atoms with E-state index in [9.17, 15) is 16.8 Å². The monoisotopic (exact) mass is 422 g/mol. The molecular weight excluding hydrogens is 396 g/mol. The molecule has 4 rings (SSSR count). The predicted octanol–water partition coefficient (Wildman–Crippen LogP) is 4.21. The average Bonchev–Trinajstić information content (AvgIpc) is 3.36. The molecule has 0 aromatic heterocycles. The van der Waals surface area contributed by atoms with Crippen molar-refractivity contribution < 1.29 is 16.8 Å². The number of hydrogen-bond acceptors (Lipinski definition) is 4. The average molecular weight is 423 g/mol. The third-order valence-electron chi connectivity index (χ3n) is 5.91. The second kappa shape index (κ2) is 7.55. The van der Waals surface area contributed by atoms with E-state index in [1.165, 1.54) is 0 Å². The van der Waals surface area contributed by atoms with Crippen LogP contribution in [0.4, 0.5) is 11.4 Å². The summed E-state index contributed by atoms with van der Waals surface area (Å²) in [7, 11) is -6.91. The van der Waals surface area contributed by atoms with Gasteiger partial charge in [-0.1, -0.05) is 49.9 Å². The van der Waals surface area contributed by atoms with Crippen LogP contribution in [0.2, 0.25) is 0 Å². The fraction of sp³-hybridized carbons (Fsp3) is 0.500. The summed E-state index contributed by atoms with van der Waals surface area (Å²) in [5.74, 6) is 0. The summed E-state index contributed by atoms with van der Waals surface area (Å²) in [6, 6.07) is 10.6. The summed E-state index contributed by atoms with van der Waals surface area (Å²) in [6.07, 6.45) is 6.50. The number of anilines is 2. The van der Waals surface area contributed by atoms with Crippen molar-refractivity contribution in [2.24, 2.45) is 0 Å². The van der Waals surface area contributed by atoms with Crippen molar-refractivity contribution in [3.8, 4) is 0 Å². The molecule has 2 aromatic rings.